The number of carbonyl (C=O) groups excluding carboxylic acids is 2. The lowest BCUT2D eigenvalue weighted by Crippen LogP contribution is -2.14. The second-order valence-electron chi connectivity index (χ2n) is 5.76. The average Bonchev–Trinajstić information content (AvgIpc) is 3.01. The summed E-state index contributed by atoms with van der Waals surface area (Å²) in [7, 11) is 0. The highest BCUT2D eigenvalue weighted by molar-refractivity contribution is 7.16. The molecule has 0 bridgehead atoms. The smallest absolute Gasteiger partial charge is 0.239 e. The Morgan fingerprint density at radius 1 is 1.12 bits per heavy atom. The van der Waals surface area contributed by atoms with Crippen LogP contribution < -0.4 is 5.32 Å². The van der Waals surface area contributed by atoms with Gasteiger partial charge in [0.15, 0.2) is 5.78 Å². The summed E-state index contributed by atoms with van der Waals surface area (Å²) in [5.74, 6) is -0.663. The third-order valence-electron chi connectivity index (χ3n) is 3.80. The SMILES string of the molecule is CCCCCCc1cc(C(=O)c2ccccc2Cl)c(NC(=O)CCl)s1. The summed E-state index contributed by atoms with van der Waals surface area (Å²) in [5.41, 5.74) is 0.905. The minimum absolute atomic E-state index is 0.149. The van der Waals surface area contributed by atoms with Crippen LogP contribution in [-0.4, -0.2) is 17.6 Å². The van der Waals surface area contributed by atoms with Crippen molar-refractivity contribution in [1.82, 2.24) is 0 Å². The molecule has 0 atom stereocenters. The van der Waals surface area contributed by atoms with Crippen molar-refractivity contribution in [3.05, 3.63) is 51.4 Å². The highest BCUT2D eigenvalue weighted by atomic mass is 35.5. The summed E-state index contributed by atoms with van der Waals surface area (Å²) in [4.78, 5) is 25.7. The number of hydrogen-bond acceptors (Lipinski definition) is 3. The highest BCUT2D eigenvalue weighted by Crippen LogP contribution is 2.32. The van der Waals surface area contributed by atoms with E-state index in [9.17, 15) is 9.59 Å². The molecule has 6 heteroatoms. The monoisotopic (exact) mass is 397 g/mol. The minimum Gasteiger partial charge on any atom is -0.316 e. The molecule has 1 N–H and O–H groups in total. The second-order valence-corrected chi connectivity index (χ2v) is 7.57. The first-order valence-corrected chi connectivity index (χ1v) is 10.1. The molecule has 0 fully saturated rings. The van der Waals surface area contributed by atoms with Gasteiger partial charge in [-0.05, 0) is 31.0 Å². The maximum absolute atomic E-state index is 12.9. The highest BCUT2D eigenvalue weighted by Gasteiger charge is 2.20. The Kier molecular flexibility index (Phi) is 7.94. The molecule has 0 radical (unpaired) electrons. The zero-order chi connectivity index (χ0) is 18.2. The number of unbranched alkanes of at least 4 members (excludes halogenated alkanes) is 3. The van der Waals surface area contributed by atoms with Crippen LogP contribution in [0.2, 0.25) is 5.02 Å². The fourth-order valence-electron chi connectivity index (χ4n) is 2.50. The molecule has 0 saturated heterocycles. The maximum atomic E-state index is 12.9. The van der Waals surface area contributed by atoms with E-state index in [1.54, 1.807) is 24.3 Å². The molecule has 3 nitrogen and oxygen atoms in total. The normalized spacial score (nSPS) is 10.7. The molecule has 134 valence electrons. The first kappa shape index (κ1) is 20.0. The zero-order valence-electron chi connectivity index (χ0n) is 14.1. The summed E-state index contributed by atoms with van der Waals surface area (Å²) in [6.07, 6.45) is 5.50. The van der Waals surface area contributed by atoms with Crippen molar-refractivity contribution in [2.24, 2.45) is 0 Å². The van der Waals surface area contributed by atoms with Crippen molar-refractivity contribution in [3.8, 4) is 0 Å². The lowest BCUT2D eigenvalue weighted by molar-refractivity contribution is -0.113. The van der Waals surface area contributed by atoms with Gasteiger partial charge in [0.2, 0.25) is 5.91 Å². The van der Waals surface area contributed by atoms with E-state index in [0.717, 1.165) is 24.1 Å². The van der Waals surface area contributed by atoms with Gasteiger partial charge >= 0.3 is 0 Å². The Balaban J connectivity index is 2.27. The first-order chi connectivity index (χ1) is 12.1. The Hall–Kier alpha value is -1.36. The first-order valence-electron chi connectivity index (χ1n) is 8.34. The number of anilines is 1. The summed E-state index contributed by atoms with van der Waals surface area (Å²) >= 11 is 13.2. The van der Waals surface area contributed by atoms with E-state index in [2.05, 4.69) is 12.2 Å². The van der Waals surface area contributed by atoms with Crippen molar-refractivity contribution < 1.29 is 9.59 Å². The van der Waals surface area contributed by atoms with Gasteiger partial charge in [-0.25, -0.2) is 0 Å². The average molecular weight is 398 g/mol. The zero-order valence-corrected chi connectivity index (χ0v) is 16.4. The standard InChI is InChI=1S/C19H21Cl2NO2S/c1-2-3-4-5-8-13-11-15(19(25-13)22-17(23)12-20)18(24)14-9-6-7-10-16(14)21/h6-7,9-11H,2-5,8,12H2,1H3,(H,22,23). The Bertz CT molecular complexity index is 743. The number of thiophene rings is 1. The molecule has 1 aromatic heterocycles. The maximum Gasteiger partial charge on any atom is 0.239 e. The van der Waals surface area contributed by atoms with Crippen LogP contribution in [0.4, 0.5) is 5.00 Å². The number of alkyl halides is 1. The van der Waals surface area contributed by atoms with Crippen LogP contribution in [0.1, 0.15) is 53.4 Å². The third-order valence-corrected chi connectivity index (χ3v) is 5.48. The summed E-state index contributed by atoms with van der Waals surface area (Å²) in [6, 6.07) is 8.79. The van der Waals surface area contributed by atoms with E-state index in [4.69, 9.17) is 23.2 Å². The van der Waals surface area contributed by atoms with E-state index in [0.29, 0.717) is 21.2 Å². The van der Waals surface area contributed by atoms with Gasteiger partial charge in [0.05, 0.1) is 10.6 Å². The van der Waals surface area contributed by atoms with Gasteiger partial charge in [0, 0.05) is 10.4 Å². The lowest BCUT2D eigenvalue weighted by atomic mass is 10.0. The molecular formula is C19H21Cl2NO2S. The predicted molar refractivity (Wildman–Crippen MR) is 106 cm³/mol. The van der Waals surface area contributed by atoms with E-state index < -0.39 is 0 Å². The third kappa shape index (κ3) is 5.56. The molecule has 2 rings (SSSR count). The Morgan fingerprint density at radius 2 is 1.88 bits per heavy atom. The van der Waals surface area contributed by atoms with Crippen molar-refractivity contribution in [2.45, 2.75) is 39.0 Å². The molecule has 0 aliphatic heterocycles. The van der Waals surface area contributed by atoms with Crippen molar-refractivity contribution in [2.75, 3.05) is 11.2 Å². The summed E-state index contributed by atoms with van der Waals surface area (Å²) in [6.45, 7) is 2.17. The molecule has 0 unspecified atom stereocenters. The molecule has 0 saturated carbocycles. The molecule has 1 aromatic carbocycles. The topological polar surface area (TPSA) is 46.2 Å². The number of nitrogens with one attached hydrogen (secondary N) is 1. The van der Waals surface area contributed by atoms with E-state index in [1.165, 1.54) is 24.2 Å². The number of carbonyl (C=O) groups is 2. The van der Waals surface area contributed by atoms with Crippen LogP contribution in [-0.2, 0) is 11.2 Å². The van der Waals surface area contributed by atoms with Gasteiger partial charge in [0.1, 0.15) is 10.9 Å². The summed E-state index contributed by atoms with van der Waals surface area (Å²) in [5, 5.41) is 3.68. The van der Waals surface area contributed by atoms with Crippen molar-refractivity contribution in [1.29, 1.82) is 0 Å². The van der Waals surface area contributed by atoms with Gasteiger partial charge in [-0.3, -0.25) is 9.59 Å². The predicted octanol–water partition coefficient (Wildman–Crippen LogP) is 5.93. The number of aryl methyl sites for hydroxylation is 1. The number of benzene rings is 1. The molecule has 2 aromatic rings. The van der Waals surface area contributed by atoms with Crippen molar-refractivity contribution >= 4 is 51.2 Å². The quantitative estimate of drug-likeness (QED) is 0.323. The number of hydrogen-bond donors (Lipinski definition) is 1. The molecule has 1 heterocycles. The van der Waals surface area contributed by atoms with Gasteiger partial charge in [-0.2, -0.15) is 0 Å². The number of rotatable bonds is 9. The van der Waals surface area contributed by atoms with Gasteiger partial charge in [0.25, 0.3) is 0 Å². The Labute approximate surface area is 162 Å². The number of halogens is 2. The van der Waals surface area contributed by atoms with E-state index in [1.807, 2.05) is 6.07 Å². The lowest BCUT2D eigenvalue weighted by Gasteiger charge is -2.05. The second kappa shape index (κ2) is 9.95. The molecule has 0 aliphatic carbocycles. The fraction of sp³-hybridized carbons (Fsp3) is 0.368. The number of ketones is 1. The molecular weight excluding hydrogens is 377 g/mol. The van der Waals surface area contributed by atoms with Crippen LogP contribution >= 0.6 is 34.5 Å². The van der Waals surface area contributed by atoms with E-state index >= 15 is 0 Å². The van der Waals surface area contributed by atoms with Gasteiger partial charge in [-0.15, -0.1) is 22.9 Å². The van der Waals surface area contributed by atoms with Crippen LogP contribution in [0.5, 0.6) is 0 Å². The number of amides is 1. The van der Waals surface area contributed by atoms with Crippen LogP contribution in [0, 0.1) is 0 Å². The van der Waals surface area contributed by atoms with E-state index in [-0.39, 0.29) is 17.6 Å². The van der Waals surface area contributed by atoms with Crippen LogP contribution in [0.15, 0.2) is 30.3 Å². The van der Waals surface area contributed by atoms with Crippen LogP contribution in [0.3, 0.4) is 0 Å². The van der Waals surface area contributed by atoms with Gasteiger partial charge < -0.3 is 5.32 Å². The largest absolute Gasteiger partial charge is 0.316 e. The molecule has 0 aliphatic rings. The fourth-order valence-corrected chi connectivity index (χ4v) is 3.90. The molecule has 1 amide bonds. The summed E-state index contributed by atoms with van der Waals surface area (Å²) < 4.78 is 0. The van der Waals surface area contributed by atoms with Gasteiger partial charge in [-0.1, -0.05) is 49.9 Å². The molecule has 25 heavy (non-hydrogen) atoms. The Morgan fingerprint density at radius 3 is 2.56 bits per heavy atom. The molecule has 0 spiro atoms. The van der Waals surface area contributed by atoms with Crippen LogP contribution in [0.25, 0.3) is 0 Å². The minimum atomic E-state index is -0.325. The van der Waals surface area contributed by atoms with Crippen molar-refractivity contribution in [3.63, 3.8) is 0 Å².